The number of hydrogen-bond donors (Lipinski definition) is 1. The van der Waals surface area contributed by atoms with Crippen LogP contribution in [0.3, 0.4) is 0 Å². The van der Waals surface area contributed by atoms with Gasteiger partial charge in [0.25, 0.3) is 0 Å². The van der Waals surface area contributed by atoms with Crippen LogP contribution in [-0.2, 0) is 15.6 Å². The van der Waals surface area contributed by atoms with Crippen molar-refractivity contribution in [1.82, 2.24) is 0 Å². The largest absolute Gasteiger partial charge is 0.396 e. The van der Waals surface area contributed by atoms with Gasteiger partial charge in [-0.2, -0.15) is 0 Å². The van der Waals surface area contributed by atoms with E-state index in [0.717, 1.165) is 14.5 Å². The first-order valence-corrected chi connectivity index (χ1v) is 8.85. The van der Waals surface area contributed by atoms with Crippen molar-refractivity contribution in [2.24, 2.45) is 0 Å². The van der Waals surface area contributed by atoms with Crippen molar-refractivity contribution >= 4 is 44.2 Å². The maximum atomic E-state index is 13.0. The smallest absolute Gasteiger partial charge is 0.175 e. The molecule has 2 N–H and O–H groups in total. The lowest BCUT2D eigenvalue weighted by Gasteiger charge is -2.01. The minimum atomic E-state index is -3.39. The molecular formula is C15H13FINO2S. The van der Waals surface area contributed by atoms with E-state index < -0.39 is 15.7 Å². The van der Waals surface area contributed by atoms with Crippen LogP contribution in [0.2, 0.25) is 0 Å². The Bertz CT molecular complexity index is 771. The maximum Gasteiger partial charge on any atom is 0.175 e. The van der Waals surface area contributed by atoms with Gasteiger partial charge in [-0.15, -0.1) is 0 Å². The number of benzene rings is 2. The van der Waals surface area contributed by atoms with Gasteiger partial charge in [0.1, 0.15) is 5.82 Å². The highest BCUT2D eigenvalue weighted by molar-refractivity contribution is 14.1. The van der Waals surface area contributed by atoms with E-state index in [1.807, 2.05) is 12.1 Å². The SMILES string of the molecule is Nc1cc(C=CS(=O)(=O)Cc2ccc(I)cc2)ccc1F. The molecule has 0 saturated heterocycles. The average Bonchev–Trinajstić information content (AvgIpc) is 2.43. The molecule has 110 valence electrons. The molecule has 0 atom stereocenters. The van der Waals surface area contributed by atoms with Crippen LogP contribution in [0.15, 0.2) is 47.9 Å². The van der Waals surface area contributed by atoms with E-state index in [1.54, 1.807) is 12.1 Å². The van der Waals surface area contributed by atoms with E-state index in [4.69, 9.17) is 5.73 Å². The summed E-state index contributed by atoms with van der Waals surface area (Å²) in [6.07, 6.45) is 1.41. The van der Waals surface area contributed by atoms with Gasteiger partial charge in [-0.25, -0.2) is 12.8 Å². The Hall–Kier alpha value is -1.41. The molecular weight excluding hydrogens is 404 g/mol. The molecule has 0 amide bonds. The number of rotatable bonds is 4. The molecule has 2 aromatic rings. The van der Waals surface area contributed by atoms with Crippen molar-refractivity contribution in [2.45, 2.75) is 5.75 Å². The lowest BCUT2D eigenvalue weighted by molar-refractivity contribution is 0.604. The number of nitrogens with two attached hydrogens (primary N) is 1. The molecule has 0 bridgehead atoms. The maximum absolute atomic E-state index is 13.0. The molecule has 0 heterocycles. The lowest BCUT2D eigenvalue weighted by atomic mass is 10.2. The zero-order valence-electron chi connectivity index (χ0n) is 11.0. The van der Waals surface area contributed by atoms with Gasteiger partial charge in [0.2, 0.25) is 0 Å². The Morgan fingerprint density at radius 3 is 2.43 bits per heavy atom. The Morgan fingerprint density at radius 2 is 1.81 bits per heavy atom. The predicted molar refractivity (Wildman–Crippen MR) is 91.6 cm³/mol. The minimum absolute atomic E-state index is 0.00724. The second kappa shape index (κ2) is 6.57. The highest BCUT2D eigenvalue weighted by Crippen LogP contribution is 2.15. The van der Waals surface area contributed by atoms with Crippen LogP contribution in [0.5, 0.6) is 0 Å². The van der Waals surface area contributed by atoms with E-state index in [2.05, 4.69) is 22.6 Å². The summed E-state index contributed by atoms with van der Waals surface area (Å²) < 4.78 is 38.1. The Balaban J connectivity index is 2.14. The zero-order chi connectivity index (χ0) is 15.5. The quantitative estimate of drug-likeness (QED) is 0.611. The third-order valence-corrected chi connectivity index (χ3v) is 4.77. The first-order valence-electron chi connectivity index (χ1n) is 6.06. The number of hydrogen-bond acceptors (Lipinski definition) is 3. The van der Waals surface area contributed by atoms with Crippen LogP contribution in [0.1, 0.15) is 11.1 Å². The van der Waals surface area contributed by atoms with E-state index in [1.165, 1.54) is 24.3 Å². The molecule has 0 aliphatic carbocycles. The van der Waals surface area contributed by atoms with Crippen LogP contribution in [0, 0.1) is 9.39 Å². The first-order chi connectivity index (χ1) is 9.85. The number of halogens is 2. The molecule has 2 rings (SSSR count). The third-order valence-electron chi connectivity index (χ3n) is 2.77. The topological polar surface area (TPSA) is 60.2 Å². The van der Waals surface area contributed by atoms with Gasteiger partial charge < -0.3 is 5.73 Å². The van der Waals surface area contributed by atoms with Crippen LogP contribution in [0.25, 0.3) is 6.08 Å². The molecule has 0 aliphatic rings. The molecule has 0 aromatic heterocycles. The summed E-state index contributed by atoms with van der Waals surface area (Å²) in [5.41, 5.74) is 6.69. The Labute approximate surface area is 136 Å². The number of sulfone groups is 1. The highest BCUT2D eigenvalue weighted by atomic mass is 127. The van der Waals surface area contributed by atoms with Crippen molar-refractivity contribution in [3.63, 3.8) is 0 Å². The van der Waals surface area contributed by atoms with Gasteiger partial charge in [0, 0.05) is 8.98 Å². The van der Waals surface area contributed by atoms with E-state index in [-0.39, 0.29) is 11.4 Å². The fraction of sp³-hybridized carbons (Fsp3) is 0.0667. The molecule has 0 saturated carbocycles. The first kappa shape index (κ1) is 16.0. The van der Waals surface area contributed by atoms with Gasteiger partial charge in [0.05, 0.1) is 11.4 Å². The zero-order valence-corrected chi connectivity index (χ0v) is 13.9. The Morgan fingerprint density at radius 1 is 1.14 bits per heavy atom. The van der Waals surface area contributed by atoms with E-state index in [9.17, 15) is 12.8 Å². The number of nitrogen functional groups attached to an aromatic ring is 1. The van der Waals surface area contributed by atoms with Crippen LogP contribution in [-0.4, -0.2) is 8.42 Å². The van der Waals surface area contributed by atoms with Gasteiger partial charge in [-0.1, -0.05) is 18.2 Å². The van der Waals surface area contributed by atoms with Gasteiger partial charge in [-0.3, -0.25) is 0 Å². The fourth-order valence-corrected chi connectivity index (χ4v) is 3.19. The second-order valence-electron chi connectivity index (χ2n) is 4.52. The second-order valence-corrected chi connectivity index (χ2v) is 7.65. The van der Waals surface area contributed by atoms with Gasteiger partial charge in [0.15, 0.2) is 9.84 Å². The molecule has 0 aliphatic heterocycles. The molecule has 21 heavy (non-hydrogen) atoms. The monoisotopic (exact) mass is 417 g/mol. The van der Waals surface area contributed by atoms with Crippen LogP contribution >= 0.6 is 22.6 Å². The number of anilines is 1. The van der Waals surface area contributed by atoms with Crippen LogP contribution in [0.4, 0.5) is 10.1 Å². The fourth-order valence-electron chi connectivity index (χ4n) is 1.71. The lowest BCUT2D eigenvalue weighted by Crippen LogP contribution is -2.00. The summed E-state index contributed by atoms with van der Waals surface area (Å²) in [7, 11) is -3.39. The molecule has 3 nitrogen and oxygen atoms in total. The standard InChI is InChI=1S/C15H13FINO2S/c16-14-6-3-11(9-15(14)18)7-8-21(19,20)10-12-1-4-13(17)5-2-12/h1-9H,10,18H2. The van der Waals surface area contributed by atoms with Crippen molar-refractivity contribution in [1.29, 1.82) is 0 Å². The normalized spacial score (nSPS) is 11.9. The van der Waals surface area contributed by atoms with Crippen molar-refractivity contribution in [2.75, 3.05) is 5.73 Å². The summed E-state index contributed by atoms with van der Waals surface area (Å²) in [5, 5.41) is 1.12. The van der Waals surface area contributed by atoms with Crippen LogP contribution < -0.4 is 5.73 Å². The molecule has 6 heteroatoms. The van der Waals surface area contributed by atoms with E-state index >= 15 is 0 Å². The van der Waals surface area contributed by atoms with E-state index in [0.29, 0.717) is 5.56 Å². The predicted octanol–water partition coefficient (Wildman–Crippen LogP) is 3.60. The van der Waals surface area contributed by atoms with Crippen molar-refractivity contribution in [3.05, 3.63) is 68.4 Å². The average molecular weight is 417 g/mol. The minimum Gasteiger partial charge on any atom is -0.396 e. The summed E-state index contributed by atoms with van der Waals surface area (Å²) in [4.78, 5) is 0. The summed E-state index contributed by atoms with van der Waals surface area (Å²) in [5.74, 6) is -0.592. The highest BCUT2D eigenvalue weighted by Gasteiger charge is 2.08. The van der Waals surface area contributed by atoms with Gasteiger partial charge in [-0.05, 0) is 64.1 Å². The van der Waals surface area contributed by atoms with Crippen molar-refractivity contribution < 1.29 is 12.8 Å². The third kappa shape index (κ3) is 4.82. The molecule has 0 spiro atoms. The summed E-state index contributed by atoms with van der Waals surface area (Å²) in [6, 6.07) is 11.4. The summed E-state index contributed by atoms with van der Waals surface area (Å²) >= 11 is 2.16. The Kier molecular flexibility index (Phi) is 5.00. The van der Waals surface area contributed by atoms with Crippen molar-refractivity contribution in [3.8, 4) is 0 Å². The van der Waals surface area contributed by atoms with Gasteiger partial charge >= 0.3 is 0 Å². The molecule has 0 fully saturated rings. The molecule has 0 unspecified atom stereocenters. The molecule has 0 radical (unpaired) electrons. The molecule has 2 aromatic carbocycles. The summed E-state index contributed by atoms with van der Waals surface area (Å²) in [6.45, 7) is 0.